The Morgan fingerprint density at radius 2 is 1.81 bits per heavy atom. The van der Waals surface area contributed by atoms with E-state index in [4.69, 9.17) is 4.42 Å². The van der Waals surface area contributed by atoms with E-state index in [2.05, 4.69) is 9.98 Å². The van der Waals surface area contributed by atoms with Crippen molar-refractivity contribution in [3.63, 3.8) is 0 Å². The highest BCUT2D eigenvalue weighted by Gasteiger charge is 2.12. The number of para-hydroxylation sites is 1. The number of rotatable bonds is 3. The van der Waals surface area contributed by atoms with Gasteiger partial charge in [-0.2, -0.15) is 0 Å². The Bertz CT molecular complexity index is 1140. The van der Waals surface area contributed by atoms with Gasteiger partial charge >= 0.3 is 5.63 Å². The number of aliphatic imine (C=N–C) groups is 1. The molecule has 130 valence electrons. The first kappa shape index (κ1) is 17.8. The fraction of sp³-hybridized carbons (Fsp3) is 0. The molecule has 2 aromatic carbocycles. The van der Waals surface area contributed by atoms with Gasteiger partial charge in [-0.05, 0) is 12.1 Å². The molecule has 0 saturated heterocycles. The van der Waals surface area contributed by atoms with Gasteiger partial charge in [-0.3, -0.25) is 0 Å². The smallest absolute Gasteiger partial charge is 0.348 e. The molecule has 4 aromatic rings. The zero-order valence-electron chi connectivity index (χ0n) is 13.3. The first-order valence-corrected chi connectivity index (χ1v) is 8.40. The zero-order valence-corrected chi connectivity index (χ0v) is 15.0. The third kappa shape index (κ3) is 3.37. The highest BCUT2D eigenvalue weighted by molar-refractivity contribution is 7.13. The van der Waals surface area contributed by atoms with Crippen LogP contribution in [0.3, 0.4) is 0 Å². The molecule has 0 aliphatic carbocycles. The quantitative estimate of drug-likeness (QED) is 0.407. The number of fused-ring (bicyclic) bond motifs is 1. The normalized spacial score (nSPS) is 10.9. The molecule has 0 saturated carbocycles. The Morgan fingerprint density at radius 3 is 2.62 bits per heavy atom. The van der Waals surface area contributed by atoms with Gasteiger partial charge < -0.3 is 9.52 Å². The van der Waals surface area contributed by atoms with Crippen molar-refractivity contribution in [2.75, 3.05) is 0 Å². The molecule has 4 rings (SSSR count). The Labute approximate surface area is 158 Å². The van der Waals surface area contributed by atoms with Gasteiger partial charge in [-0.25, -0.2) is 14.8 Å². The maximum atomic E-state index is 12.1. The van der Waals surface area contributed by atoms with E-state index in [-0.39, 0.29) is 23.7 Å². The lowest BCUT2D eigenvalue weighted by Gasteiger charge is -2.01. The van der Waals surface area contributed by atoms with Crippen molar-refractivity contribution in [1.29, 1.82) is 0 Å². The van der Waals surface area contributed by atoms with Crippen molar-refractivity contribution in [2.24, 2.45) is 4.99 Å². The van der Waals surface area contributed by atoms with Crippen molar-refractivity contribution in [2.45, 2.75) is 0 Å². The number of benzene rings is 2. The second kappa shape index (κ2) is 7.51. The van der Waals surface area contributed by atoms with Crippen molar-refractivity contribution >= 4 is 46.1 Å². The molecular weight excluding hydrogens is 372 g/mol. The number of halogens is 1. The number of hydrogen-bond donors (Lipinski definition) is 1. The van der Waals surface area contributed by atoms with Gasteiger partial charge in [0.25, 0.3) is 0 Å². The van der Waals surface area contributed by atoms with E-state index in [0.717, 1.165) is 11.3 Å². The van der Waals surface area contributed by atoms with Crippen LogP contribution in [0, 0.1) is 0 Å². The molecule has 2 aromatic heterocycles. The van der Waals surface area contributed by atoms with Crippen molar-refractivity contribution in [1.82, 2.24) is 4.98 Å². The van der Waals surface area contributed by atoms with Gasteiger partial charge in [0, 0.05) is 17.2 Å². The number of aromatic nitrogens is 1. The molecule has 0 radical (unpaired) electrons. The molecule has 0 bridgehead atoms. The summed E-state index contributed by atoms with van der Waals surface area (Å²) in [5.41, 5.74) is 1.51. The van der Waals surface area contributed by atoms with Crippen LogP contribution in [0.4, 0.5) is 5.13 Å². The summed E-state index contributed by atoms with van der Waals surface area (Å²) in [6.45, 7) is 0. The zero-order chi connectivity index (χ0) is 17.2. The van der Waals surface area contributed by atoms with Gasteiger partial charge in [0.05, 0.1) is 11.1 Å². The molecular formula is C19H13ClN2O3S. The molecule has 0 amide bonds. The summed E-state index contributed by atoms with van der Waals surface area (Å²) in [6, 6.07) is 16.6. The molecule has 0 unspecified atom stereocenters. The summed E-state index contributed by atoms with van der Waals surface area (Å²) in [4.78, 5) is 20.7. The molecule has 0 spiro atoms. The van der Waals surface area contributed by atoms with E-state index in [0.29, 0.717) is 16.1 Å². The predicted molar refractivity (Wildman–Crippen MR) is 106 cm³/mol. The van der Waals surface area contributed by atoms with Crippen molar-refractivity contribution < 1.29 is 9.52 Å². The van der Waals surface area contributed by atoms with E-state index in [1.165, 1.54) is 17.6 Å². The molecule has 26 heavy (non-hydrogen) atoms. The van der Waals surface area contributed by atoms with Gasteiger partial charge in [0.1, 0.15) is 16.9 Å². The average molecular weight is 385 g/mol. The van der Waals surface area contributed by atoms with Crippen LogP contribution >= 0.6 is 23.7 Å². The first-order valence-electron chi connectivity index (χ1n) is 7.52. The van der Waals surface area contributed by atoms with Crippen LogP contribution in [0.1, 0.15) is 5.56 Å². The van der Waals surface area contributed by atoms with Crippen LogP contribution in [-0.4, -0.2) is 16.3 Å². The van der Waals surface area contributed by atoms with Gasteiger partial charge in [0.15, 0.2) is 0 Å². The minimum absolute atomic E-state index is 0. The molecule has 0 fully saturated rings. The van der Waals surface area contributed by atoms with Crippen LogP contribution in [0.15, 0.2) is 74.2 Å². The number of hydrogen-bond acceptors (Lipinski definition) is 6. The molecule has 2 heterocycles. The van der Waals surface area contributed by atoms with Crippen molar-refractivity contribution in [3.05, 3.63) is 76.0 Å². The first-order chi connectivity index (χ1) is 12.2. The minimum atomic E-state index is -0.639. The number of nitrogens with zero attached hydrogens (tertiary/aromatic N) is 2. The third-order valence-corrected chi connectivity index (χ3v) is 4.43. The topological polar surface area (TPSA) is 75.7 Å². The number of thiazole rings is 1. The summed E-state index contributed by atoms with van der Waals surface area (Å²) in [6.07, 6.45) is 1.29. The molecule has 0 aliphatic heterocycles. The molecule has 7 heteroatoms. The van der Waals surface area contributed by atoms with Crippen LogP contribution in [-0.2, 0) is 0 Å². The predicted octanol–water partition coefficient (Wildman–Crippen LogP) is 4.79. The van der Waals surface area contributed by atoms with E-state index in [1.807, 2.05) is 35.7 Å². The highest BCUT2D eigenvalue weighted by Crippen LogP contribution is 2.28. The maximum Gasteiger partial charge on any atom is 0.348 e. The van der Waals surface area contributed by atoms with Crippen LogP contribution in [0.25, 0.3) is 22.2 Å². The molecule has 1 N–H and O–H groups in total. The SMILES string of the molecule is Cl.O=c1oc2ccccc2c(O)c1C=Nc1nc(-c2ccccc2)cs1. The summed E-state index contributed by atoms with van der Waals surface area (Å²) < 4.78 is 5.21. The minimum Gasteiger partial charge on any atom is -0.506 e. The second-order valence-corrected chi connectivity index (χ2v) is 6.12. The standard InChI is InChI=1S/C19H12N2O3S.ClH/c22-17-13-8-4-5-9-16(13)24-18(23)14(17)10-20-19-21-15(11-25-19)12-6-2-1-3-7-12;/h1-11,22H;1H. The lowest BCUT2D eigenvalue weighted by Crippen LogP contribution is -2.06. The average Bonchev–Trinajstić information content (AvgIpc) is 3.11. The van der Waals surface area contributed by atoms with Crippen LogP contribution < -0.4 is 5.63 Å². The van der Waals surface area contributed by atoms with E-state index < -0.39 is 5.63 Å². The molecule has 5 nitrogen and oxygen atoms in total. The fourth-order valence-corrected chi connectivity index (χ4v) is 3.12. The van der Waals surface area contributed by atoms with E-state index in [1.54, 1.807) is 24.3 Å². The lowest BCUT2D eigenvalue weighted by molar-refractivity contribution is 0.466. The Morgan fingerprint density at radius 1 is 1.08 bits per heavy atom. The third-order valence-electron chi connectivity index (χ3n) is 3.69. The Hall–Kier alpha value is -2.96. The number of aromatic hydroxyl groups is 1. The Kier molecular flexibility index (Phi) is 5.16. The monoisotopic (exact) mass is 384 g/mol. The van der Waals surface area contributed by atoms with E-state index in [9.17, 15) is 9.90 Å². The molecule has 0 atom stereocenters. The lowest BCUT2D eigenvalue weighted by atomic mass is 10.1. The van der Waals surface area contributed by atoms with E-state index >= 15 is 0 Å². The summed E-state index contributed by atoms with van der Waals surface area (Å²) in [7, 11) is 0. The van der Waals surface area contributed by atoms with Crippen molar-refractivity contribution in [3.8, 4) is 17.0 Å². The molecule has 0 aliphatic rings. The Balaban J connectivity index is 0.00000196. The van der Waals surface area contributed by atoms with Crippen LogP contribution in [0.2, 0.25) is 0 Å². The van der Waals surface area contributed by atoms with Gasteiger partial charge in [-0.15, -0.1) is 23.7 Å². The summed E-state index contributed by atoms with van der Waals surface area (Å²) in [5.74, 6) is -0.143. The second-order valence-electron chi connectivity index (χ2n) is 5.29. The van der Waals surface area contributed by atoms with Gasteiger partial charge in [0.2, 0.25) is 5.13 Å². The van der Waals surface area contributed by atoms with Gasteiger partial charge in [-0.1, -0.05) is 42.5 Å². The maximum absolute atomic E-state index is 12.1. The highest BCUT2D eigenvalue weighted by atomic mass is 35.5. The summed E-state index contributed by atoms with van der Waals surface area (Å²) >= 11 is 1.36. The summed E-state index contributed by atoms with van der Waals surface area (Å²) in [5, 5.41) is 13.2. The van der Waals surface area contributed by atoms with Crippen LogP contribution in [0.5, 0.6) is 5.75 Å². The largest absolute Gasteiger partial charge is 0.506 e. The fourth-order valence-electron chi connectivity index (χ4n) is 2.45.